The zero-order valence-corrected chi connectivity index (χ0v) is 10.7. The summed E-state index contributed by atoms with van der Waals surface area (Å²) in [5.41, 5.74) is 7.04. The molecule has 0 radical (unpaired) electrons. The van der Waals surface area contributed by atoms with Crippen molar-refractivity contribution in [3.8, 4) is 0 Å². The second-order valence-corrected chi connectivity index (χ2v) is 4.65. The second-order valence-electron chi connectivity index (χ2n) is 3.73. The molecule has 6 heteroatoms. The molecule has 0 saturated heterocycles. The molecular formula is C11H14BrF3N2. The summed E-state index contributed by atoms with van der Waals surface area (Å²) in [6.07, 6.45) is -4.20. The summed E-state index contributed by atoms with van der Waals surface area (Å²) in [4.78, 5) is 0. The van der Waals surface area contributed by atoms with Crippen molar-refractivity contribution in [2.75, 3.05) is 17.6 Å². The van der Waals surface area contributed by atoms with Crippen molar-refractivity contribution >= 4 is 27.3 Å². The summed E-state index contributed by atoms with van der Waals surface area (Å²) in [7, 11) is 0. The third kappa shape index (κ3) is 5.81. The van der Waals surface area contributed by atoms with Crippen molar-refractivity contribution in [2.24, 2.45) is 0 Å². The molecule has 0 amide bonds. The van der Waals surface area contributed by atoms with Crippen molar-refractivity contribution in [3.63, 3.8) is 0 Å². The summed E-state index contributed by atoms with van der Waals surface area (Å²) in [6, 6.07) is 5.35. The minimum Gasteiger partial charge on any atom is -0.397 e. The van der Waals surface area contributed by atoms with E-state index in [9.17, 15) is 13.2 Å². The van der Waals surface area contributed by atoms with Crippen molar-refractivity contribution in [3.05, 3.63) is 22.7 Å². The van der Waals surface area contributed by atoms with E-state index in [2.05, 4.69) is 21.2 Å². The molecule has 0 aliphatic carbocycles. The molecule has 0 spiro atoms. The molecule has 0 aliphatic rings. The Kier molecular flexibility index (Phi) is 5.11. The smallest absolute Gasteiger partial charge is 0.389 e. The van der Waals surface area contributed by atoms with Crippen LogP contribution in [0.2, 0.25) is 0 Å². The Bertz CT molecular complexity index is 366. The lowest BCUT2D eigenvalue weighted by Crippen LogP contribution is -2.09. The van der Waals surface area contributed by atoms with E-state index in [1.807, 2.05) is 6.07 Å². The molecule has 0 heterocycles. The average molecular weight is 311 g/mol. The SMILES string of the molecule is Nc1ccc(Br)cc1NCCCCC(F)(F)F. The molecule has 1 aromatic rings. The third-order valence-corrected chi connectivity index (χ3v) is 2.71. The van der Waals surface area contributed by atoms with Crippen LogP contribution in [-0.4, -0.2) is 12.7 Å². The Morgan fingerprint density at radius 2 is 1.94 bits per heavy atom. The summed E-state index contributed by atoms with van der Waals surface area (Å²) < 4.78 is 36.5. The standard InChI is InChI=1S/C11H14BrF3N2/c12-8-3-4-9(16)10(7-8)17-6-2-1-5-11(13,14)15/h3-4,7,17H,1-2,5-6,16H2. The fourth-order valence-electron chi connectivity index (χ4n) is 1.36. The zero-order valence-electron chi connectivity index (χ0n) is 9.15. The van der Waals surface area contributed by atoms with Crippen LogP contribution in [0, 0.1) is 0 Å². The second kappa shape index (κ2) is 6.14. The number of alkyl halides is 3. The first kappa shape index (κ1) is 14.2. The van der Waals surface area contributed by atoms with Crippen LogP contribution in [0.1, 0.15) is 19.3 Å². The highest BCUT2D eigenvalue weighted by atomic mass is 79.9. The van der Waals surface area contributed by atoms with Crippen molar-refractivity contribution in [1.29, 1.82) is 0 Å². The molecular weight excluding hydrogens is 297 g/mol. The van der Waals surface area contributed by atoms with E-state index in [4.69, 9.17) is 5.73 Å². The number of nitrogens with one attached hydrogen (secondary N) is 1. The Hall–Kier alpha value is -0.910. The van der Waals surface area contributed by atoms with E-state index in [-0.39, 0.29) is 6.42 Å². The van der Waals surface area contributed by atoms with Gasteiger partial charge in [-0.15, -0.1) is 0 Å². The predicted molar refractivity (Wildman–Crippen MR) is 67.0 cm³/mol. The number of anilines is 2. The van der Waals surface area contributed by atoms with Crippen molar-refractivity contribution < 1.29 is 13.2 Å². The zero-order chi connectivity index (χ0) is 12.9. The first-order valence-corrected chi connectivity index (χ1v) is 6.03. The summed E-state index contributed by atoms with van der Waals surface area (Å²) in [5, 5.41) is 3.02. The van der Waals surface area contributed by atoms with Gasteiger partial charge in [0.25, 0.3) is 0 Å². The first-order valence-electron chi connectivity index (χ1n) is 5.24. The maximum atomic E-state index is 11.9. The van der Waals surface area contributed by atoms with E-state index in [1.165, 1.54) is 0 Å². The molecule has 0 bridgehead atoms. The highest BCUT2D eigenvalue weighted by molar-refractivity contribution is 9.10. The van der Waals surface area contributed by atoms with E-state index in [0.717, 1.165) is 10.2 Å². The van der Waals surface area contributed by atoms with Gasteiger partial charge in [0.15, 0.2) is 0 Å². The number of nitrogen functional groups attached to an aromatic ring is 1. The van der Waals surface area contributed by atoms with E-state index >= 15 is 0 Å². The van der Waals surface area contributed by atoms with Crippen LogP contribution in [0.3, 0.4) is 0 Å². The number of hydrogen-bond donors (Lipinski definition) is 2. The lowest BCUT2D eigenvalue weighted by atomic mass is 10.2. The number of hydrogen-bond acceptors (Lipinski definition) is 2. The number of halogens is 4. The Labute approximate surface area is 107 Å². The maximum absolute atomic E-state index is 11.9. The average Bonchev–Trinajstić information content (AvgIpc) is 2.21. The fourth-order valence-corrected chi connectivity index (χ4v) is 1.72. The monoisotopic (exact) mass is 310 g/mol. The Morgan fingerprint density at radius 3 is 2.59 bits per heavy atom. The van der Waals surface area contributed by atoms with Gasteiger partial charge in [-0.2, -0.15) is 13.2 Å². The molecule has 3 N–H and O–H groups in total. The minimum atomic E-state index is -4.06. The van der Waals surface area contributed by atoms with Crippen molar-refractivity contribution in [2.45, 2.75) is 25.4 Å². The molecule has 0 fully saturated rings. The van der Waals surface area contributed by atoms with Gasteiger partial charge in [0.1, 0.15) is 0 Å². The van der Waals surface area contributed by atoms with Crippen LogP contribution in [0.5, 0.6) is 0 Å². The molecule has 0 unspecified atom stereocenters. The maximum Gasteiger partial charge on any atom is 0.389 e. The van der Waals surface area contributed by atoms with Crippen molar-refractivity contribution in [1.82, 2.24) is 0 Å². The van der Waals surface area contributed by atoms with Gasteiger partial charge in [-0.25, -0.2) is 0 Å². The van der Waals surface area contributed by atoms with Crippen LogP contribution in [-0.2, 0) is 0 Å². The molecule has 96 valence electrons. The van der Waals surface area contributed by atoms with Crippen LogP contribution in [0.15, 0.2) is 22.7 Å². The predicted octanol–water partition coefficient (Wildman–Crippen LogP) is 4.18. The Morgan fingerprint density at radius 1 is 1.24 bits per heavy atom. The molecule has 0 aromatic heterocycles. The van der Waals surface area contributed by atoms with Crippen LogP contribution < -0.4 is 11.1 Å². The van der Waals surface area contributed by atoms with Gasteiger partial charge < -0.3 is 11.1 Å². The lowest BCUT2D eigenvalue weighted by molar-refractivity contribution is -0.135. The molecule has 0 atom stereocenters. The van der Waals surface area contributed by atoms with Crippen LogP contribution >= 0.6 is 15.9 Å². The van der Waals surface area contributed by atoms with E-state index in [0.29, 0.717) is 18.7 Å². The normalized spacial score (nSPS) is 11.5. The number of nitrogens with two attached hydrogens (primary N) is 1. The first-order chi connectivity index (χ1) is 7.88. The van der Waals surface area contributed by atoms with Crippen LogP contribution in [0.4, 0.5) is 24.5 Å². The topological polar surface area (TPSA) is 38.0 Å². The molecule has 0 aliphatic heterocycles. The minimum absolute atomic E-state index is 0.129. The molecule has 1 aromatic carbocycles. The summed E-state index contributed by atoms with van der Waals surface area (Å²) in [5.74, 6) is 0. The fraction of sp³-hybridized carbons (Fsp3) is 0.455. The quantitative estimate of drug-likeness (QED) is 0.632. The highest BCUT2D eigenvalue weighted by Crippen LogP contribution is 2.24. The lowest BCUT2D eigenvalue weighted by Gasteiger charge is -2.10. The van der Waals surface area contributed by atoms with Gasteiger partial charge in [-0.05, 0) is 31.0 Å². The van der Waals surface area contributed by atoms with E-state index < -0.39 is 12.6 Å². The van der Waals surface area contributed by atoms with Gasteiger partial charge in [0.2, 0.25) is 0 Å². The Balaban J connectivity index is 2.29. The van der Waals surface area contributed by atoms with Gasteiger partial charge >= 0.3 is 6.18 Å². The van der Waals surface area contributed by atoms with Gasteiger partial charge in [-0.3, -0.25) is 0 Å². The summed E-state index contributed by atoms with van der Waals surface area (Å²) >= 11 is 3.30. The number of benzene rings is 1. The summed E-state index contributed by atoms with van der Waals surface area (Å²) in [6.45, 7) is 0.483. The molecule has 2 nitrogen and oxygen atoms in total. The van der Waals surface area contributed by atoms with Crippen LogP contribution in [0.25, 0.3) is 0 Å². The van der Waals surface area contributed by atoms with Gasteiger partial charge in [0, 0.05) is 17.4 Å². The van der Waals surface area contributed by atoms with Gasteiger partial charge in [-0.1, -0.05) is 15.9 Å². The number of unbranched alkanes of at least 4 members (excludes halogenated alkanes) is 1. The highest BCUT2D eigenvalue weighted by Gasteiger charge is 2.25. The molecule has 17 heavy (non-hydrogen) atoms. The molecule has 0 saturated carbocycles. The molecule has 1 rings (SSSR count). The largest absolute Gasteiger partial charge is 0.397 e. The number of rotatable bonds is 5. The van der Waals surface area contributed by atoms with E-state index in [1.54, 1.807) is 12.1 Å². The third-order valence-electron chi connectivity index (χ3n) is 2.22. The van der Waals surface area contributed by atoms with Gasteiger partial charge in [0.05, 0.1) is 11.4 Å².